The lowest BCUT2D eigenvalue weighted by atomic mass is 9.65. The minimum atomic E-state index is 0. The van der Waals surface area contributed by atoms with E-state index in [1.165, 1.54) is 12.1 Å². The van der Waals surface area contributed by atoms with Crippen LogP contribution in [-0.2, 0) is 9.59 Å². The molecule has 2 saturated carbocycles. The number of hydrogen-bond acceptors (Lipinski definition) is 4. The number of para-hydroxylation sites is 1. The number of carbonyl (C=O) groups is 2. The van der Waals surface area contributed by atoms with Gasteiger partial charge in [-0.15, -0.1) is 24.8 Å². The maximum absolute atomic E-state index is 12.6. The van der Waals surface area contributed by atoms with E-state index in [9.17, 15) is 9.59 Å². The van der Waals surface area contributed by atoms with Crippen molar-refractivity contribution < 1.29 is 9.59 Å². The summed E-state index contributed by atoms with van der Waals surface area (Å²) in [5.41, 5.74) is 7.52. The Kier molecular flexibility index (Phi) is 9.26. The van der Waals surface area contributed by atoms with Crippen molar-refractivity contribution in [3.05, 3.63) is 30.3 Å². The molecule has 1 aliphatic heterocycles. The molecule has 1 saturated heterocycles. The molecule has 2 aliphatic carbocycles. The zero-order chi connectivity index (χ0) is 19.5. The highest BCUT2D eigenvalue weighted by Gasteiger charge is 2.40. The van der Waals surface area contributed by atoms with Crippen LogP contribution in [0.15, 0.2) is 30.3 Å². The molecule has 3 N–H and O–H groups in total. The molecule has 1 heterocycles. The third-order valence-corrected chi connectivity index (χ3v) is 6.95. The predicted molar refractivity (Wildman–Crippen MR) is 124 cm³/mol. The molecule has 0 radical (unpaired) electrons. The van der Waals surface area contributed by atoms with Crippen LogP contribution in [0.4, 0.5) is 5.69 Å². The minimum absolute atomic E-state index is 0. The molecule has 2 bridgehead atoms. The molecule has 3 fully saturated rings. The van der Waals surface area contributed by atoms with Gasteiger partial charge in [-0.05, 0) is 49.7 Å². The summed E-state index contributed by atoms with van der Waals surface area (Å²) in [5.74, 6) is 1.04. The van der Waals surface area contributed by atoms with Gasteiger partial charge in [-0.25, -0.2) is 0 Å². The van der Waals surface area contributed by atoms with Gasteiger partial charge in [0.05, 0.1) is 6.54 Å². The van der Waals surface area contributed by atoms with Crippen LogP contribution in [0.25, 0.3) is 0 Å². The van der Waals surface area contributed by atoms with Gasteiger partial charge >= 0.3 is 0 Å². The highest BCUT2D eigenvalue weighted by atomic mass is 35.5. The van der Waals surface area contributed by atoms with Crippen LogP contribution in [-0.4, -0.2) is 55.5 Å². The molecule has 0 spiro atoms. The SMILES string of the molecule is Cl.Cl.NC1C2CCCC1CC(C(=O)NCC(=O)N1CCN(c3ccccc3)CC1)C2. The Morgan fingerprint density at radius 2 is 1.57 bits per heavy atom. The van der Waals surface area contributed by atoms with Crippen molar-refractivity contribution in [1.29, 1.82) is 0 Å². The van der Waals surface area contributed by atoms with Gasteiger partial charge in [-0.2, -0.15) is 0 Å². The van der Waals surface area contributed by atoms with Crippen LogP contribution in [0.3, 0.4) is 0 Å². The predicted octanol–water partition coefficient (Wildman–Crippen LogP) is 2.45. The molecule has 1 aromatic carbocycles. The van der Waals surface area contributed by atoms with Crippen molar-refractivity contribution in [1.82, 2.24) is 10.2 Å². The second kappa shape index (κ2) is 11.2. The molecule has 3 aliphatic rings. The van der Waals surface area contributed by atoms with E-state index in [1.54, 1.807) is 0 Å². The Morgan fingerprint density at radius 3 is 2.17 bits per heavy atom. The lowest BCUT2D eigenvalue weighted by Crippen LogP contribution is -2.52. The smallest absolute Gasteiger partial charge is 0.242 e. The summed E-state index contributed by atoms with van der Waals surface area (Å²) in [7, 11) is 0. The van der Waals surface area contributed by atoms with Gasteiger partial charge in [0.25, 0.3) is 0 Å². The van der Waals surface area contributed by atoms with Crippen molar-refractivity contribution in [3.8, 4) is 0 Å². The zero-order valence-corrected chi connectivity index (χ0v) is 19.0. The molecule has 168 valence electrons. The van der Waals surface area contributed by atoms with E-state index in [-0.39, 0.29) is 55.1 Å². The zero-order valence-electron chi connectivity index (χ0n) is 17.4. The first-order valence-electron chi connectivity index (χ1n) is 10.7. The number of halogens is 2. The fourth-order valence-corrected chi connectivity index (χ4v) is 5.27. The van der Waals surface area contributed by atoms with E-state index in [2.05, 4.69) is 22.3 Å². The summed E-state index contributed by atoms with van der Waals surface area (Å²) in [6, 6.07) is 10.6. The standard InChI is InChI=1S/C22H32N4O2.2ClH/c23-21-16-5-4-6-17(21)14-18(13-16)22(28)24-15-20(27)26-11-9-25(10-12-26)19-7-2-1-3-8-19;;/h1-3,7-8,16-18,21H,4-6,9-15,23H2,(H,24,28);2*1H. The van der Waals surface area contributed by atoms with E-state index in [0.717, 1.165) is 38.8 Å². The van der Waals surface area contributed by atoms with Crippen molar-refractivity contribution in [2.75, 3.05) is 37.6 Å². The molecule has 6 nitrogen and oxygen atoms in total. The molecule has 2 atom stereocenters. The number of nitrogens with two attached hydrogens (primary N) is 1. The summed E-state index contributed by atoms with van der Waals surface area (Å²) >= 11 is 0. The van der Waals surface area contributed by atoms with Crippen molar-refractivity contribution in [2.45, 2.75) is 38.1 Å². The summed E-state index contributed by atoms with van der Waals surface area (Å²) in [6.45, 7) is 3.17. The van der Waals surface area contributed by atoms with Crippen LogP contribution in [0.1, 0.15) is 32.1 Å². The number of nitrogens with one attached hydrogen (secondary N) is 1. The van der Waals surface area contributed by atoms with E-state index in [4.69, 9.17) is 5.73 Å². The molecule has 4 rings (SSSR count). The highest BCUT2D eigenvalue weighted by Crippen LogP contribution is 2.41. The van der Waals surface area contributed by atoms with Crippen molar-refractivity contribution >= 4 is 42.3 Å². The average Bonchev–Trinajstić information content (AvgIpc) is 2.72. The lowest BCUT2D eigenvalue weighted by molar-refractivity contribution is -0.135. The number of nitrogens with zero attached hydrogens (tertiary/aromatic N) is 2. The van der Waals surface area contributed by atoms with Crippen LogP contribution in [0, 0.1) is 17.8 Å². The number of fused-ring (bicyclic) bond motifs is 2. The number of rotatable bonds is 4. The van der Waals surface area contributed by atoms with Crippen molar-refractivity contribution in [3.63, 3.8) is 0 Å². The fourth-order valence-electron chi connectivity index (χ4n) is 5.27. The van der Waals surface area contributed by atoms with Gasteiger partial charge in [0.2, 0.25) is 11.8 Å². The Labute approximate surface area is 191 Å². The number of benzene rings is 1. The van der Waals surface area contributed by atoms with Gasteiger partial charge in [0.1, 0.15) is 0 Å². The Balaban J connectivity index is 0.00000160. The van der Waals surface area contributed by atoms with Crippen LogP contribution < -0.4 is 16.0 Å². The third kappa shape index (κ3) is 5.59. The number of carbonyl (C=O) groups excluding carboxylic acids is 2. The molecule has 1 aromatic rings. The molecular weight excluding hydrogens is 423 g/mol. The van der Waals surface area contributed by atoms with Gasteiger partial charge in [-0.3, -0.25) is 9.59 Å². The summed E-state index contributed by atoms with van der Waals surface area (Å²) in [6.07, 6.45) is 5.30. The Hall–Kier alpha value is -1.50. The van der Waals surface area contributed by atoms with Gasteiger partial charge in [0, 0.05) is 43.8 Å². The molecule has 30 heavy (non-hydrogen) atoms. The monoisotopic (exact) mass is 456 g/mol. The maximum atomic E-state index is 12.6. The van der Waals surface area contributed by atoms with Crippen LogP contribution >= 0.6 is 24.8 Å². The van der Waals surface area contributed by atoms with E-state index < -0.39 is 0 Å². The van der Waals surface area contributed by atoms with Crippen molar-refractivity contribution in [2.24, 2.45) is 23.5 Å². The topological polar surface area (TPSA) is 78.7 Å². The molecule has 0 aromatic heterocycles. The third-order valence-electron chi connectivity index (χ3n) is 6.95. The van der Waals surface area contributed by atoms with Gasteiger partial charge in [0.15, 0.2) is 0 Å². The number of anilines is 1. The van der Waals surface area contributed by atoms with Gasteiger partial charge in [-0.1, -0.05) is 24.6 Å². The minimum Gasteiger partial charge on any atom is -0.368 e. The second-order valence-electron chi connectivity index (χ2n) is 8.62. The number of hydrogen-bond donors (Lipinski definition) is 2. The quantitative estimate of drug-likeness (QED) is 0.728. The first kappa shape index (κ1) is 24.8. The average molecular weight is 457 g/mol. The highest BCUT2D eigenvalue weighted by molar-refractivity contribution is 5.86. The first-order valence-corrected chi connectivity index (χ1v) is 10.7. The number of amides is 2. The largest absolute Gasteiger partial charge is 0.368 e. The van der Waals surface area contributed by atoms with Crippen LogP contribution in [0.2, 0.25) is 0 Å². The Morgan fingerprint density at radius 1 is 0.967 bits per heavy atom. The molecule has 8 heteroatoms. The Bertz CT molecular complexity index is 684. The molecule has 2 unspecified atom stereocenters. The summed E-state index contributed by atoms with van der Waals surface area (Å²) in [5, 5.41) is 2.91. The van der Waals surface area contributed by atoms with Crippen LogP contribution in [0.5, 0.6) is 0 Å². The number of piperazine rings is 1. The normalized spacial score (nSPS) is 28.0. The molecular formula is C22H34Cl2N4O2. The first-order chi connectivity index (χ1) is 13.6. The fraction of sp³-hybridized carbons (Fsp3) is 0.636. The molecule has 2 amide bonds. The summed E-state index contributed by atoms with van der Waals surface area (Å²) < 4.78 is 0. The second-order valence-corrected chi connectivity index (χ2v) is 8.62. The summed E-state index contributed by atoms with van der Waals surface area (Å²) in [4.78, 5) is 29.3. The van der Waals surface area contributed by atoms with Gasteiger partial charge < -0.3 is 20.9 Å². The van der Waals surface area contributed by atoms with E-state index in [0.29, 0.717) is 24.9 Å². The lowest BCUT2D eigenvalue weighted by Gasteiger charge is -2.43. The van der Waals surface area contributed by atoms with E-state index >= 15 is 0 Å². The van der Waals surface area contributed by atoms with E-state index in [1.807, 2.05) is 23.1 Å². The maximum Gasteiger partial charge on any atom is 0.242 e.